The lowest BCUT2D eigenvalue weighted by atomic mass is 9.64. The zero-order valence-corrected chi connectivity index (χ0v) is 7.84. The quantitative estimate of drug-likeness (QED) is 0.503. The summed E-state index contributed by atoms with van der Waals surface area (Å²) in [5.41, 5.74) is -0.0631. The van der Waals surface area contributed by atoms with Crippen LogP contribution < -0.4 is 0 Å². The van der Waals surface area contributed by atoms with Gasteiger partial charge in [0.15, 0.2) is 0 Å². The van der Waals surface area contributed by atoms with Gasteiger partial charge in [-0.2, -0.15) is 0 Å². The number of carbonyl (C=O) groups is 1. The van der Waals surface area contributed by atoms with Gasteiger partial charge in [0.1, 0.15) is 5.78 Å². The second-order valence-corrected chi connectivity index (χ2v) is 4.62. The predicted molar refractivity (Wildman–Crippen MR) is 48.8 cm³/mol. The van der Waals surface area contributed by atoms with Gasteiger partial charge in [-0.05, 0) is 24.7 Å². The van der Waals surface area contributed by atoms with Crippen molar-refractivity contribution in [2.75, 3.05) is 0 Å². The molecule has 0 spiro atoms. The zero-order valence-electron chi connectivity index (χ0n) is 7.84. The average Bonchev–Trinajstić information content (AvgIpc) is 2.46. The number of ketones is 1. The van der Waals surface area contributed by atoms with Gasteiger partial charge in [-0.25, -0.2) is 0 Å². The average molecular weight is 164 g/mol. The van der Waals surface area contributed by atoms with E-state index in [1.807, 2.05) is 0 Å². The summed E-state index contributed by atoms with van der Waals surface area (Å²) in [5.74, 6) is 1.75. The molecule has 0 aliphatic heterocycles. The number of allylic oxidation sites excluding steroid dienone is 2. The molecule has 0 bridgehead atoms. The van der Waals surface area contributed by atoms with Gasteiger partial charge in [-0.15, -0.1) is 0 Å². The Morgan fingerprint density at radius 1 is 1.50 bits per heavy atom. The van der Waals surface area contributed by atoms with Gasteiger partial charge in [0.2, 0.25) is 0 Å². The first-order chi connectivity index (χ1) is 5.62. The molecule has 0 radical (unpaired) electrons. The molecule has 2 atom stereocenters. The summed E-state index contributed by atoms with van der Waals surface area (Å²) in [5, 5.41) is 0. The van der Waals surface area contributed by atoms with E-state index in [1.54, 1.807) is 0 Å². The molecular weight excluding hydrogens is 148 g/mol. The molecule has 0 heterocycles. The van der Waals surface area contributed by atoms with E-state index >= 15 is 0 Å². The first kappa shape index (κ1) is 8.03. The van der Waals surface area contributed by atoms with Gasteiger partial charge in [0, 0.05) is 11.8 Å². The van der Waals surface area contributed by atoms with Crippen molar-refractivity contribution in [2.24, 2.45) is 17.3 Å². The Hall–Kier alpha value is -0.590. The number of fused-ring (bicyclic) bond motifs is 1. The number of carbonyl (C=O) groups excluding carboxylic acids is 1. The minimum atomic E-state index is -0.0631. The molecule has 0 aromatic heterocycles. The fourth-order valence-corrected chi connectivity index (χ4v) is 2.66. The summed E-state index contributed by atoms with van der Waals surface area (Å²) >= 11 is 0. The normalized spacial score (nSPS) is 38.3. The van der Waals surface area contributed by atoms with E-state index in [9.17, 15) is 4.79 Å². The highest BCUT2D eigenvalue weighted by Gasteiger charge is 2.44. The monoisotopic (exact) mass is 164 g/mol. The lowest BCUT2D eigenvalue weighted by Gasteiger charge is -2.39. The van der Waals surface area contributed by atoms with Crippen LogP contribution in [0.25, 0.3) is 0 Å². The van der Waals surface area contributed by atoms with Gasteiger partial charge < -0.3 is 0 Å². The summed E-state index contributed by atoms with van der Waals surface area (Å²) < 4.78 is 0. The molecule has 66 valence electrons. The van der Waals surface area contributed by atoms with E-state index in [2.05, 4.69) is 26.0 Å². The van der Waals surface area contributed by atoms with E-state index in [0.29, 0.717) is 17.6 Å². The Morgan fingerprint density at radius 3 is 3.00 bits per heavy atom. The van der Waals surface area contributed by atoms with Gasteiger partial charge in [0.25, 0.3) is 0 Å². The maximum Gasteiger partial charge on any atom is 0.138 e. The minimum absolute atomic E-state index is 0.0631. The van der Waals surface area contributed by atoms with Crippen molar-refractivity contribution in [2.45, 2.75) is 33.1 Å². The smallest absolute Gasteiger partial charge is 0.138 e. The first-order valence-corrected chi connectivity index (χ1v) is 4.82. The molecule has 0 N–H and O–H groups in total. The Morgan fingerprint density at radius 2 is 2.25 bits per heavy atom. The summed E-state index contributed by atoms with van der Waals surface area (Å²) in [4.78, 5) is 11.6. The highest BCUT2D eigenvalue weighted by Crippen LogP contribution is 2.47. The van der Waals surface area contributed by atoms with Crippen LogP contribution in [0.3, 0.4) is 0 Å². The topological polar surface area (TPSA) is 17.1 Å². The van der Waals surface area contributed by atoms with Crippen molar-refractivity contribution >= 4 is 5.78 Å². The van der Waals surface area contributed by atoms with Gasteiger partial charge in [0.05, 0.1) is 0 Å². The van der Waals surface area contributed by atoms with Crippen molar-refractivity contribution in [3.63, 3.8) is 0 Å². The predicted octanol–water partition coefficient (Wildman–Crippen LogP) is 2.57. The van der Waals surface area contributed by atoms with E-state index in [0.717, 1.165) is 19.3 Å². The molecular formula is C11H16O. The second-order valence-electron chi connectivity index (χ2n) is 4.62. The molecule has 0 aromatic carbocycles. The van der Waals surface area contributed by atoms with Crippen molar-refractivity contribution in [3.8, 4) is 0 Å². The molecule has 2 aliphatic carbocycles. The molecule has 1 saturated carbocycles. The highest BCUT2D eigenvalue weighted by molar-refractivity contribution is 5.85. The van der Waals surface area contributed by atoms with Crippen molar-refractivity contribution in [3.05, 3.63) is 12.2 Å². The molecule has 0 aromatic rings. The third kappa shape index (κ3) is 0.954. The Kier molecular flexibility index (Phi) is 1.64. The van der Waals surface area contributed by atoms with Crippen LogP contribution in [0.15, 0.2) is 12.2 Å². The van der Waals surface area contributed by atoms with E-state index in [-0.39, 0.29) is 5.41 Å². The second kappa shape index (κ2) is 2.45. The van der Waals surface area contributed by atoms with Crippen LogP contribution in [0.1, 0.15) is 33.1 Å². The molecule has 2 rings (SSSR count). The molecule has 2 aliphatic rings. The van der Waals surface area contributed by atoms with Crippen LogP contribution in [0.5, 0.6) is 0 Å². The lowest BCUT2D eigenvalue weighted by Crippen LogP contribution is -2.39. The lowest BCUT2D eigenvalue weighted by molar-refractivity contribution is -0.133. The van der Waals surface area contributed by atoms with E-state index in [1.165, 1.54) is 0 Å². The van der Waals surface area contributed by atoms with Crippen LogP contribution in [0.4, 0.5) is 0 Å². The van der Waals surface area contributed by atoms with Gasteiger partial charge >= 0.3 is 0 Å². The van der Waals surface area contributed by atoms with Crippen LogP contribution >= 0.6 is 0 Å². The largest absolute Gasteiger partial charge is 0.299 e. The first-order valence-electron chi connectivity index (χ1n) is 4.82. The van der Waals surface area contributed by atoms with Crippen LogP contribution in [-0.2, 0) is 4.79 Å². The number of hydrogen-bond acceptors (Lipinski definition) is 1. The van der Waals surface area contributed by atoms with Crippen molar-refractivity contribution in [1.82, 2.24) is 0 Å². The molecule has 12 heavy (non-hydrogen) atoms. The van der Waals surface area contributed by atoms with Gasteiger partial charge in [-0.3, -0.25) is 4.79 Å². The van der Waals surface area contributed by atoms with E-state index < -0.39 is 0 Å². The minimum Gasteiger partial charge on any atom is -0.299 e. The summed E-state index contributed by atoms with van der Waals surface area (Å²) in [6.45, 7) is 4.22. The van der Waals surface area contributed by atoms with E-state index in [4.69, 9.17) is 0 Å². The van der Waals surface area contributed by atoms with Gasteiger partial charge in [-0.1, -0.05) is 26.0 Å². The SMILES string of the molecule is CC1(C)C(=O)CC[C@@H]2C=CC[C@@H]21. The summed E-state index contributed by atoms with van der Waals surface area (Å²) in [7, 11) is 0. The maximum absolute atomic E-state index is 11.6. The Balaban J connectivity index is 2.26. The van der Waals surface area contributed by atoms with Crippen LogP contribution in [0, 0.1) is 17.3 Å². The Bertz CT molecular complexity index is 237. The van der Waals surface area contributed by atoms with Crippen molar-refractivity contribution < 1.29 is 4.79 Å². The maximum atomic E-state index is 11.6. The molecule has 1 fully saturated rings. The highest BCUT2D eigenvalue weighted by atomic mass is 16.1. The fourth-order valence-electron chi connectivity index (χ4n) is 2.66. The van der Waals surface area contributed by atoms with Crippen LogP contribution in [0.2, 0.25) is 0 Å². The molecule has 0 unspecified atom stereocenters. The molecule has 1 heteroatoms. The van der Waals surface area contributed by atoms with Crippen molar-refractivity contribution in [1.29, 1.82) is 0 Å². The zero-order chi connectivity index (χ0) is 8.77. The Labute approximate surface area is 73.8 Å². The molecule has 0 amide bonds. The standard InChI is InChI=1S/C11H16O/c1-11(2)9-5-3-4-8(9)6-7-10(11)12/h3-4,8-9H,5-7H2,1-2H3/t8-,9-/m0/s1. The third-order valence-corrected chi connectivity index (χ3v) is 3.64. The fraction of sp³-hybridized carbons (Fsp3) is 0.727. The molecule has 0 saturated heterocycles. The number of hydrogen-bond donors (Lipinski definition) is 0. The number of Topliss-reactive ketones (excluding diaryl/α,β-unsaturated/α-hetero) is 1. The summed E-state index contributed by atoms with van der Waals surface area (Å²) in [6.07, 6.45) is 7.54. The van der Waals surface area contributed by atoms with Crippen LogP contribution in [-0.4, -0.2) is 5.78 Å². The molecule has 1 nitrogen and oxygen atoms in total. The summed E-state index contributed by atoms with van der Waals surface area (Å²) in [6, 6.07) is 0. The number of rotatable bonds is 0. The third-order valence-electron chi connectivity index (χ3n) is 3.64.